The summed E-state index contributed by atoms with van der Waals surface area (Å²) in [6.45, 7) is 0. The van der Waals surface area contributed by atoms with Gasteiger partial charge in [-0.1, -0.05) is 110 Å². The van der Waals surface area contributed by atoms with Gasteiger partial charge >= 0.3 is 7.32 Å². The Morgan fingerprint density at radius 1 is 0.489 bits per heavy atom. The predicted octanol–water partition coefficient (Wildman–Crippen LogP) is 8.81. The van der Waals surface area contributed by atoms with Crippen molar-refractivity contribution in [2.45, 2.75) is 37.8 Å². The number of fused-ring (bicyclic) bond motifs is 4. The molecule has 0 radical (unpaired) electrons. The molecule has 1 aliphatic rings. The van der Waals surface area contributed by atoms with E-state index in [9.17, 15) is 0 Å². The van der Waals surface area contributed by atoms with Crippen molar-refractivity contribution < 1.29 is 14.7 Å². The van der Waals surface area contributed by atoms with Gasteiger partial charge in [-0.15, -0.1) is 0 Å². The standard InChI is InChI=1S/C24H26P.C18H13BO3/c1-5-13-21(14-6-1)25(22-15-7-2-8-16-22,23-17-9-3-10-18-23)24-19-11-4-12-20-24;20-19(21)22-17-7-3-6-12-8-9-15-10-13-4-1-2-5-14(13)11-16(15)18(12)17/h1-3,5-10,13-18,24H,4,11-12,19-20H2;1-11,20-21H/q+1;. The zero-order chi connectivity index (χ0) is 32.1. The highest BCUT2D eigenvalue weighted by atomic mass is 31.2. The van der Waals surface area contributed by atoms with Gasteiger partial charge in [-0.3, -0.25) is 0 Å². The lowest BCUT2D eigenvalue weighted by Gasteiger charge is -2.36. The Hall–Kier alpha value is -4.47. The minimum Gasteiger partial charge on any atom is -0.511 e. The van der Waals surface area contributed by atoms with Gasteiger partial charge in [0.15, 0.2) is 0 Å². The third-order valence-corrected chi connectivity index (χ3v) is 14.5. The Labute approximate surface area is 278 Å². The number of hydrogen-bond acceptors (Lipinski definition) is 3. The molecule has 1 saturated carbocycles. The maximum atomic E-state index is 9.14. The molecule has 0 unspecified atom stereocenters. The van der Waals surface area contributed by atoms with Crippen LogP contribution in [0.2, 0.25) is 0 Å². The van der Waals surface area contributed by atoms with E-state index >= 15 is 0 Å². The molecule has 0 spiro atoms. The molecule has 232 valence electrons. The fourth-order valence-electron chi connectivity index (χ4n) is 7.52. The summed E-state index contributed by atoms with van der Waals surface area (Å²) in [5.74, 6) is 0.466. The van der Waals surface area contributed by atoms with Gasteiger partial charge in [-0.05, 0) is 107 Å². The maximum absolute atomic E-state index is 9.14. The molecule has 7 aromatic rings. The van der Waals surface area contributed by atoms with Crippen LogP contribution < -0.4 is 20.6 Å². The molecule has 0 bridgehead atoms. The lowest BCUT2D eigenvalue weighted by Crippen LogP contribution is -2.39. The van der Waals surface area contributed by atoms with Crippen LogP contribution in [0.25, 0.3) is 32.3 Å². The highest BCUT2D eigenvalue weighted by molar-refractivity contribution is 7.96. The van der Waals surface area contributed by atoms with Crippen molar-refractivity contribution in [1.29, 1.82) is 0 Å². The van der Waals surface area contributed by atoms with Crippen molar-refractivity contribution in [3.8, 4) is 5.75 Å². The summed E-state index contributed by atoms with van der Waals surface area (Å²) >= 11 is 0. The van der Waals surface area contributed by atoms with Crippen molar-refractivity contribution >= 4 is 62.8 Å². The summed E-state index contributed by atoms with van der Waals surface area (Å²) in [6, 6.07) is 56.1. The van der Waals surface area contributed by atoms with E-state index in [2.05, 4.69) is 121 Å². The topological polar surface area (TPSA) is 49.7 Å². The molecule has 0 saturated heterocycles. The van der Waals surface area contributed by atoms with Crippen molar-refractivity contribution in [3.05, 3.63) is 158 Å². The van der Waals surface area contributed by atoms with E-state index in [4.69, 9.17) is 14.7 Å². The van der Waals surface area contributed by atoms with E-state index < -0.39 is 14.6 Å². The molecule has 0 atom stereocenters. The fraction of sp³-hybridized carbons (Fsp3) is 0.143. The van der Waals surface area contributed by atoms with Crippen molar-refractivity contribution in [2.24, 2.45) is 0 Å². The van der Waals surface area contributed by atoms with Crippen molar-refractivity contribution in [1.82, 2.24) is 0 Å². The Morgan fingerprint density at radius 3 is 1.53 bits per heavy atom. The molecule has 47 heavy (non-hydrogen) atoms. The molecule has 2 N–H and O–H groups in total. The second kappa shape index (κ2) is 14.1. The van der Waals surface area contributed by atoms with Gasteiger partial charge in [0.05, 0.1) is 5.66 Å². The Balaban J connectivity index is 0.000000151. The normalized spacial score (nSPS) is 13.7. The third-order valence-electron chi connectivity index (χ3n) is 9.53. The van der Waals surface area contributed by atoms with Crippen molar-refractivity contribution in [2.75, 3.05) is 0 Å². The summed E-state index contributed by atoms with van der Waals surface area (Å²) in [6.07, 6.45) is 6.85. The SMILES string of the molecule is OB(O)Oc1cccc2ccc3cc4ccccc4cc3c12.c1ccc([P+](c2ccccc2)(c2ccccc2)C2CCCCC2)cc1. The van der Waals surface area contributed by atoms with Gasteiger partial charge < -0.3 is 14.7 Å². The first-order valence-corrected chi connectivity index (χ1v) is 18.4. The first-order valence-electron chi connectivity index (χ1n) is 16.6. The van der Waals surface area contributed by atoms with Crippen LogP contribution in [0.5, 0.6) is 5.75 Å². The fourth-order valence-corrected chi connectivity index (χ4v) is 12.7. The highest BCUT2D eigenvalue weighted by Crippen LogP contribution is 2.63. The lowest BCUT2D eigenvalue weighted by atomic mass is 9.97. The molecular weight excluding hydrogens is 594 g/mol. The van der Waals surface area contributed by atoms with Crippen LogP contribution in [0.4, 0.5) is 0 Å². The zero-order valence-electron chi connectivity index (χ0n) is 26.5. The number of hydrogen-bond donors (Lipinski definition) is 2. The Bertz CT molecular complexity index is 1980. The van der Waals surface area contributed by atoms with Gasteiger partial charge in [-0.25, -0.2) is 0 Å². The smallest absolute Gasteiger partial charge is 0.511 e. The van der Waals surface area contributed by atoms with Crippen LogP contribution in [-0.4, -0.2) is 23.0 Å². The monoisotopic (exact) mass is 633 g/mol. The van der Waals surface area contributed by atoms with Gasteiger partial charge in [0, 0.05) is 5.39 Å². The van der Waals surface area contributed by atoms with E-state index in [0.717, 1.165) is 32.6 Å². The molecule has 0 amide bonds. The predicted molar refractivity (Wildman–Crippen MR) is 202 cm³/mol. The first kappa shape index (κ1) is 31.2. The van der Waals surface area contributed by atoms with Crippen LogP contribution in [0.15, 0.2) is 158 Å². The molecule has 1 fully saturated rings. The molecular formula is C42H39BO3P+. The van der Waals surface area contributed by atoms with Crippen LogP contribution in [-0.2, 0) is 0 Å². The summed E-state index contributed by atoms with van der Waals surface area (Å²) in [5, 5.41) is 29.2. The summed E-state index contributed by atoms with van der Waals surface area (Å²) in [5.41, 5.74) is 0.758. The van der Waals surface area contributed by atoms with Gasteiger partial charge in [0.25, 0.3) is 0 Å². The average Bonchev–Trinajstić information content (AvgIpc) is 3.13. The van der Waals surface area contributed by atoms with Crippen LogP contribution in [0, 0.1) is 0 Å². The Morgan fingerprint density at radius 2 is 0.979 bits per heavy atom. The first-order chi connectivity index (χ1) is 23.1. The number of benzene rings is 7. The van der Waals surface area contributed by atoms with Gasteiger partial charge in [0.1, 0.15) is 28.9 Å². The minimum absolute atomic E-state index is 0.466. The summed E-state index contributed by atoms with van der Waals surface area (Å²) in [7, 11) is -3.46. The van der Waals surface area contributed by atoms with E-state index in [1.807, 2.05) is 30.3 Å². The molecule has 7 aromatic carbocycles. The molecule has 3 nitrogen and oxygen atoms in total. The van der Waals surface area contributed by atoms with Crippen LogP contribution in [0.1, 0.15) is 32.1 Å². The molecule has 1 aliphatic carbocycles. The molecule has 8 rings (SSSR count). The van der Waals surface area contributed by atoms with Gasteiger partial charge in [-0.2, -0.15) is 0 Å². The quantitative estimate of drug-likeness (QED) is 0.0833. The van der Waals surface area contributed by atoms with Crippen molar-refractivity contribution in [3.63, 3.8) is 0 Å². The van der Waals surface area contributed by atoms with Crippen LogP contribution in [0.3, 0.4) is 0 Å². The van der Waals surface area contributed by atoms with E-state index in [0.29, 0.717) is 5.75 Å². The zero-order valence-corrected chi connectivity index (χ0v) is 27.3. The molecule has 0 heterocycles. The molecule has 5 heteroatoms. The van der Waals surface area contributed by atoms with Crippen LogP contribution >= 0.6 is 7.26 Å². The molecule has 0 aromatic heterocycles. The molecule has 0 aliphatic heterocycles. The van der Waals surface area contributed by atoms with E-state index in [1.165, 1.54) is 37.5 Å². The minimum atomic E-state index is -1.83. The Kier molecular flexibility index (Phi) is 9.35. The lowest BCUT2D eigenvalue weighted by molar-refractivity contribution is 0.289. The largest absolute Gasteiger partial charge is 0.707 e. The highest BCUT2D eigenvalue weighted by Gasteiger charge is 2.52. The number of rotatable bonds is 6. The second-order valence-electron chi connectivity index (χ2n) is 12.3. The average molecular weight is 634 g/mol. The van der Waals surface area contributed by atoms with Gasteiger partial charge in [0.2, 0.25) is 0 Å². The summed E-state index contributed by atoms with van der Waals surface area (Å²) < 4.78 is 5.16. The summed E-state index contributed by atoms with van der Waals surface area (Å²) in [4.78, 5) is 0. The second-order valence-corrected chi connectivity index (χ2v) is 16.0. The maximum Gasteiger partial charge on any atom is 0.707 e. The van der Waals surface area contributed by atoms with E-state index in [-0.39, 0.29) is 0 Å². The van der Waals surface area contributed by atoms with E-state index in [1.54, 1.807) is 22.0 Å². The third kappa shape index (κ3) is 6.30.